The maximum atomic E-state index is 11.8. The molecule has 0 aromatic heterocycles. The molecule has 3 N–H and O–H groups in total. The average Bonchev–Trinajstić information content (AvgIpc) is 2.23. The maximum Gasteiger partial charge on any atom is 0.414 e. The predicted octanol–water partition coefficient (Wildman–Crippen LogP) is 2.80. The Balaban J connectivity index is 2.68. The van der Waals surface area contributed by atoms with Crippen molar-refractivity contribution in [2.75, 3.05) is 12.3 Å². The van der Waals surface area contributed by atoms with Crippen molar-refractivity contribution in [3.8, 4) is 0 Å². The highest BCUT2D eigenvalue weighted by Gasteiger charge is 2.28. The Bertz CT molecular complexity index is 443. The molecule has 0 unspecified atom stereocenters. The molecule has 1 rings (SSSR count). The molecule has 1 aromatic rings. The Labute approximate surface area is 110 Å². The highest BCUT2D eigenvalue weighted by molar-refractivity contribution is 6.39. The minimum atomic E-state index is -4.54. The number of nitrogens with two attached hydrogens (primary N) is 1. The molecule has 0 aliphatic heterocycles. The number of carbonyl (C=O) groups excluding carboxylic acids is 1. The van der Waals surface area contributed by atoms with Crippen LogP contribution in [0, 0.1) is 0 Å². The minimum absolute atomic E-state index is 0.0171. The molecule has 0 aliphatic rings. The highest BCUT2D eigenvalue weighted by atomic mass is 35.5. The van der Waals surface area contributed by atoms with Gasteiger partial charge in [0.25, 0.3) is 5.91 Å². The van der Waals surface area contributed by atoms with Crippen LogP contribution in [0.2, 0.25) is 10.0 Å². The van der Waals surface area contributed by atoms with E-state index in [0.29, 0.717) is 0 Å². The molecule has 1 amide bonds. The second kappa shape index (κ2) is 5.64. The largest absolute Gasteiger partial charge is 0.414 e. The summed E-state index contributed by atoms with van der Waals surface area (Å²) in [7, 11) is 0. The van der Waals surface area contributed by atoms with Gasteiger partial charge in [0, 0.05) is 5.56 Å². The highest BCUT2D eigenvalue weighted by Crippen LogP contribution is 2.28. The molecule has 0 atom stereocenters. The van der Waals surface area contributed by atoms with Crippen LogP contribution in [0.15, 0.2) is 12.1 Å². The Morgan fingerprint density at radius 2 is 1.83 bits per heavy atom. The van der Waals surface area contributed by atoms with Crippen LogP contribution in [-0.2, 0) is 4.84 Å². The molecule has 0 saturated heterocycles. The van der Waals surface area contributed by atoms with Gasteiger partial charge in [-0.05, 0) is 12.1 Å². The van der Waals surface area contributed by atoms with Gasteiger partial charge in [0.2, 0.25) is 0 Å². The number of amides is 1. The molecule has 18 heavy (non-hydrogen) atoms. The van der Waals surface area contributed by atoms with E-state index in [2.05, 4.69) is 4.84 Å². The lowest BCUT2D eigenvalue weighted by Gasteiger charge is -2.09. The summed E-state index contributed by atoms with van der Waals surface area (Å²) in [5.41, 5.74) is 7.05. The number of benzene rings is 1. The third-order valence-corrected chi connectivity index (χ3v) is 2.37. The van der Waals surface area contributed by atoms with E-state index in [1.54, 1.807) is 5.48 Å². The van der Waals surface area contributed by atoms with Crippen LogP contribution in [0.1, 0.15) is 10.4 Å². The SMILES string of the molecule is Nc1c(Cl)cc(C(=O)NOCC(F)(F)F)cc1Cl. The molecule has 0 saturated carbocycles. The van der Waals surface area contributed by atoms with Gasteiger partial charge in [0.1, 0.15) is 0 Å². The summed E-state index contributed by atoms with van der Waals surface area (Å²) in [6.07, 6.45) is -4.54. The quantitative estimate of drug-likeness (QED) is 0.666. The number of hydroxylamine groups is 1. The summed E-state index contributed by atoms with van der Waals surface area (Å²) >= 11 is 11.3. The van der Waals surface area contributed by atoms with Crippen LogP contribution in [-0.4, -0.2) is 18.7 Å². The number of alkyl halides is 3. The van der Waals surface area contributed by atoms with Crippen molar-refractivity contribution in [2.24, 2.45) is 0 Å². The van der Waals surface area contributed by atoms with Crippen LogP contribution in [0.25, 0.3) is 0 Å². The minimum Gasteiger partial charge on any atom is -0.396 e. The fraction of sp³-hybridized carbons (Fsp3) is 0.222. The Hall–Kier alpha value is -1.18. The van der Waals surface area contributed by atoms with E-state index in [0.717, 1.165) is 12.1 Å². The van der Waals surface area contributed by atoms with Gasteiger partial charge >= 0.3 is 6.18 Å². The zero-order valence-corrected chi connectivity index (χ0v) is 10.2. The summed E-state index contributed by atoms with van der Waals surface area (Å²) in [5, 5.41) is 0.0342. The smallest absolute Gasteiger partial charge is 0.396 e. The second-order valence-corrected chi connectivity index (χ2v) is 4.00. The topological polar surface area (TPSA) is 64.4 Å². The number of hydrogen-bond acceptors (Lipinski definition) is 3. The van der Waals surface area contributed by atoms with Crippen LogP contribution in [0.4, 0.5) is 18.9 Å². The van der Waals surface area contributed by atoms with Crippen molar-refractivity contribution in [3.63, 3.8) is 0 Å². The van der Waals surface area contributed by atoms with E-state index in [1.165, 1.54) is 0 Å². The molecular weight excluding hydrogens is 296 g/mol. The van der Waals surface area contributed by atoms with Gasteiger partial charge in [-0.2, -0.15) is 13.2 Å². The van der Waals surface area contributed by atoms with Gasteiger partial charge in [0.15, 0.2) is 6.61 Å². The van der Waals surface area contributed by atoms with E-state index in [-0.39, 0.29) is 21.3 Å². The van der Waals surface area contributed by atoms with Crippen LogP contribution >= 0.6 is 23.2 Å². The van der Waals surface area contributed by atoms with Gasteiger partial charge in [-0.25, -0.2) is 5.48 Å². The number of nitrogens with one attached hydrogen (secondary N) is 1. The summed E-state index contributed by atoms with van der Waals surface area (Å²) in [5.74, 6) is -0.914. The molecule has 4 nitrogen and oxygen atoms in total. The van der Waals surface area contributed by atoms with Crippen LogP contribution < -0.4 is 11.2 Å². The monoisotopic (exact) mass is 302 g/mol. The third kappa shape index (κ3) is 4.25. The third-order valence-electron chi connectivity index (χ3n) is 1.74. The van der Waals surface area contributed by atoms with Crippen molar-refractivity contribution < 1.29 is 22.8 Å². The fourth-order valence-electron chi connectivity index (χ4n) is 0.958. The fourth-order valence-corrected chi connectivity index (χ4v) is 1.44. The summed E-state index contributed by atoms with van der Waals surface area (Å²) < 4.78 is 35.3. The maximum absolute atomic E-state index is 11.8. The summed E-state index contributed by atoms with van der Waals surface area (Å²) in [4.78, 5) is 15.4. The van der Waals surface area contributed by atoms with Gasteiger partial charge in [0.05, 0.1) is 15.7 Å². The van der Waals surface area contributed by atoms with Crippen molar-refractivity contribution in [3.05, 3.63) is 27.7 Å². The van der Waals surface area contributed by atoms with E-state index < -0.39 is 18.7 Å². The van der Waals surface area contributed by atoms with Crippen molar-refractivity contribution >= 4 is 34.8 Å². The van der Waals surface area contributed by atoms with Crippen LogP contribution in [0.5, 0.6) is 0 Å². The molecule has 0 aliphatic carbocycles. The van der Waals surface area contributed by atoms with Gasteiger partial charge in [-0.15, -0.1) is 0 Å². The lowest BCUT2D eigenvalue weighted by molar-refractivity contribution is -0.184. The van der Waals surface area contributed by atoms with E-state index in [1.807, 2.05) is 0 Å². The van der Waals surface area contributed by atoms with Crippen molar-refractivity contribution in [1.82, 2.24) is 5.48 Å². The first-order valence-corrected chi connectivity index (χ1v) is 5.19. The number of halogens is 5. The Kier molecular flexibility index (Phi) is 4.66. The van der Waals surface area contributed by atoms with Crippen molar-refractivity contribution in [1.29, 1.82) is 0 Å². The van der Waals surface area contributed by atoms with Crippen molar-refractivity contribution in [2.45, 2.75) is 6.18 Å². The second-order valence-electron chi connectivity index (χ2n) is 3.19. The summed E-state index contributed by atoms with van der Waals surface area (Å²) in [6.45, 7) is -1.60. The predicted molar refractivity (Wildman–Crippen MR) is 60.3 cm³/mol. The van der Waals surface area contributed by atoms with Gasteiger partial charge in [-0.1, -0.05) is 23.2 Å². The Morgan fingerprint density at radius 1 is 1.33 bits per heavy atom. The summed E-state index contributed by atoms with van der Waals surface area (Å²) in [6, 6.07) is 2.32. The molecular formula is C9H7Cl2F3N2O2. The standard InChI is InChI=1S/C9H7Cl2F3N2O2/c10-5-1-4(2-6(11)7(5)15)8(17)16-18-3-9(12,13)14/h1-2H,3,15H2,(H,16,17). The lowest BCUT2D eigenvalue weighted by atomic mass is 10.2. The molecule has 0 radical (unpaired) electrons. The molecule has 0 heterocycles. The number of anilines is 1. The Morgan fingerprint density at radius 3 is 2.28 bits per heavy atom. The molecule has 0 spiro atoms. The molecule has 0 bridgehead atoms. The number of rotatable bonds is 3. The average molecular weight is 303 g/mol. The first-order valence-electron chi connectivity index (χ1n) is 4.44. The van der Waals surface area contributed by atoms with Gasteiger partial charge < -0.3 is 5.73 Å². The molecule has 9 heteroatoms. The van der Waals surface area contributed by atoms with E-state index in [9.17, 15) is 18.0 Å². The van der Waals surface area contributed by atoms with E-state index >= 15 is 0 Å². The normalized spacial score (nSPS) is 11.4. The lowest BCUT2D eigenvalue weighted by Crippen LogP contribution is -2.29. The molecule has 1 aromatic carbocycles. The number of carbonyl (C=O) groups is 1. The van der Waals surface area contributed by atoms with E-state index in [4.69, 9.17) is 28.9 Å². The first kappa shape index (κ1) is 14.9. The number of nitrogen functional groups attached to an aromatic ring is 1. The first-order chi connectivity index (χ1) is 8.20. The van der Waals surface area contributed by atoms with Gasteiger partial charge in [-0.3, -0.25) is 9.63 Å². The molecule has 100 valence electrons. The zero-order valence-electron chi connectivity index (χ0n) is 8.65. The molecule has 0 fully saturated rings. The zero-order chi connectivity index (χ0) is 13.9. The van der Waals surface area contributed by atoms with Crippen LogP contribution in [0.3, 0.4) is 0 Å². The number of hydrogen-bond donors (Lipinski definition) is 2.